The van der Waals surface area contributed by atoms with Gasteiger partial charge in [-0.1, -0.05) is 11.6 Å². The summed E-state index contributed by atoms with van der Waals surface area (Å²) in [5.74, 6) is -0.490. The largest absolute Gasteiger partial charge is 0.344 e. The summed E-state index contributed by atoms with van der Waals surface area (Å²) in [5, 5.41) is 0.130. The van der Waals surface area contributed by atoms with Crippen molar-refractivity contribution in [2.45, 2.75) is 12.5 Å². The fourth-order valence-electron chi connectivity index (χ4n) is 3.21. The number of rotatable bonds is 2. The van der Waals surface area contributed by atoms with Gasteiger partial charge >= 0.3 is 0 Å². The van der Waals surface area contributed by atoms with Gasteiger partial charge in [0.1, 0.15) is 5.82 Å². The molecule has 2 aliphatic rings. The van der Waals surface area contributed by atoms with Gasteiger partial charge < -0.3 is 9.80 Å². The van der Waals surface area contributed by atoms with E-state index in [0.717, 1.165) is 19.0 Å². The van der Waals surface area contributed by atoms with Crippen molar-refractivity contribution in [1.82, 2.24) is 14.7 Å². The molecule has 2 saturated heterocycles. The smallest absolute Gasteiger partial charge is 0.255 e. The summed E-state index contributed by atoms with van der Waals surface area (Å²) >= 11 is 5.96. The summed E-state index contributed by atoms with van der Waals surface area (Å²) in [4.78, 5) is 30.2. The van der Waals surface area contributed by atoms with Crippen LogP contribution in [0.25, 0.3) is 0 Å². The van der Waals surface area contributed by atoms with E-state index in [1.165, 1.54) is 12.1 Å². The Bertz CT molecular complexity index is 632. The Hall–Kier alpha value is -1.66. The van der Waals surface area contributed by atoms with E-state index in [1.54, 1.807) is 9.80 Å². The fourth-order valence-corrected chi connectivity index (χ4v) is 3.46. The van der Waals surface area contributed by atoms with Crippen LogP contribution >= 0.6 is 11.6 Å². The number of likely N-dealkylation sites (tertiary alicyclic amines) is 1. The first-order chi connectivity index (χ1) is 11.0. The predicted molar refractivity (Wildman–Crippen MR) is 84.9 cm³/mol. The predicted octanol–water partition coefficient (Wildman–Crippen LogP) is 1.47. The quantitative estimate of drug-likeness (QED) is 0.819. The lowest BCUT2D eigenvalue weighted by Crippen LogP contribution is -2.53. The van der Waals surface area contributed by atoms with Crippen molar-refractivity contribution in [1.29, 1.82) is 0 Å². The van der Waals surface area contributed by atoms with E-state index in [0.29, 0.717) is 31.7 Å². The van der Waals surface area contributed by atoms with Crippen LogP contribution in [0, 0.1) is 5.82 Å². The standard InChI is InChI=1S/C16H19ClFN3O2/c1-19-5-4-14(16(19)23)20-6-8-21(9-7-20)15(22)12-3-2-11(18)10-13(12)17/h2-3,10,14H,4-9H2,1H3/t14-/m1/s1. The number of hydrogen-bond donors (Lipinski definition) is 0. The lowest BCUT2D eigenvalue weighted by Gasteiger charge is -2.37. The maximum absolute atomic E-state index is 13.1. The molecule has 2 heterocycles. The second-order valence-electron chi connectivity index (χ2n) is 6.02. The Labute approximate surface area is 139 Å². The van der Waals surface area contributed by atoms with Gasteiger partial charge in [0.15, 0.2) is 0 Å². The summed E-state index contributed by atoms with van der Waals surface area (Å²) in [7, 11) is 1.82. The molecule has 1 aromatic rings. The molecule has 0 spiro atoms. The fraction of sp³-hybridized carbons (Fsp3) is 0.500. The molecule has 5 nitrogen and oxygen atoms in total. The third-order valence-corrected chi connectivity index (χ3v) is 4.92. The van der Waals surface area contributed by atoms with E-state index in [-0.39, 0.29) is 22.9 Å². The Morgan fingerprint density at radius 2 is 1.91 bits per heavy atom. The molecule has 23 heavy (non-hydrogen) atoms. The molecule has 0 aromatic heterocycles. The van der Waals surface area contributed by atoms with Gasteiger partial charge in [0.05, 0.1) is 16.6 Å². The van der Waals surface area contributed by atoms with Crippen molar-refractivity contribution in [3.05, 3.63) is 34.6 Å². The average molecular weight is 340 g/mol. The summed E-state index contributed by atoms with van der Waals surface area (Å²) in [6, 6.07) is 3.74. The summed E-state index contributed by atoms with van der Waals surface area (Å²) in [5.41, 5.74) is 0.318. The van der Waals surface area contributed by atoms with Crippen molar-refractivity contribution < 1.29 is 14.0 Å². The molecule has 0 aliphatic carbocycles. The highest BCUT2D eigenvalue weighted by Crippen LogP contribution is 2.22. The highest BCUT2D eigenvalue weighted by atomic mass is 35.5. The summed E-state index contributed by atoms with van der Waals surface area (Å²) in [6.45, 7) is 3.19. The third kappa shape index (κ3) is 3.19. The molecule has 0 radical (unpaired) electrons. The highest BCUT2D eigenvalue weighted by Gasteiger charge is 2.36. The van der Waals surface area contributed by atoms with Gasteiger partial charge in [-0.15, -0.1) is 0 Å². The van der Waals surface area contributed by atoms with Crippen LogP contribution in [0.2, 0.25) is 5.02 Å². The Morgan fingerprint density at radius 3 is 2.48 bits per heavy atom. The zero-order valence-electron chi connectivity index (χ0n) is 13.0. The number of carbonyl (C=O) groups excluding carboxylic acids is 2. The van der Waals surface area contributed by atoms with Crippen LogP contribution in [-0.4, -0.2) is 72.3 Å². The van der Waals surface area contributed by atoms with Crippen molar-refractivity contribution in [2.75, 3.05) is 39.8 Å². The van der Waals surface area contributed by atoms with Crippen LogP contribution in [-0.2, 0) is 4.79 Å². The molecule has 124 valence electrons. The van der Waals surface area contributed by atoms with Gasteiger partial charge in [0.2, 0.25) is 5.91 Å². The molecule has 0 bridgehead atoms. The second-order valence-corrected chi connectivity index (χ2v) is 6.42. The van der Waals surface area contributed by atoms with Crippen LogP contribution in [0.3, 0.4) is 0 Å². The lowest BCUT2D eigenvalue weighted by molar-refractivity contribution is -0.131. The third-order valence-electron chi connectivity index (χ3n) is 4.60. The topological polar surface area (TPSA) is 43.9 Å². The average Bonchev–Trinajstić information content (AvgIpc) is 2.87. The van der Waals surface area contributed by atoms with Crippen molar-refractivity contribution >= 4 is 23.4 Å². The number of likely N-dealkylation sites (N-methyl/N-ethyl adjacent to an activating group) is 1. The molecule has 0 unspecified atom stereocenters. The molecule has 2 fully saturated rings. The van der Waals surface area contributed by atoms with Gasteiger partial charge in [-0.05, 0) is 24.6 Å². The minimum atomic E-state index is -0.458. The van der Waals surface area contributed by atoms with Crippen LogP contribution < -0.4 is 0 Å². The molecule has 1 aromatic carbocycles. The summed E-state index contributed by atoms with van der Waals surface area (Å²) < 4.78 is 13.1. The molecule has 0 N–H and O–H groups in total. The molecular weight excluding hydrogens is 321 g/mol. The first-order valence-corrected chi connectivity index (χ1v) is 8.08. The zero-order valence-corrected chi connectivity index (χ0v) is 13.7. The first kappa shape index (κ1) is 16.2. The van der Waals surface area contributed by atoms with Gasteiger partial charge in [0, 0.05) is 39.8 Å². The lowest BCUT2D eigenvalue weighted by atomic mass is 10.1. The number of carbonyl (C=O) groups is 2. The number of piperazine rings is 1. The summed E-state index contributed by atoms with van der Waals surface area (Å²) in [6.07, 6.45) is 0.840. The van der Waals surface area contributed by atoms with Crippen LogP contribution in [0.5, 0.6) is 0 Å². The van der Waals surface area contributed by atoms with E-state index in [1.807, 2.05) is 7.05 Å². The number of hydrogen-bond acceptors (Lipinski definition) is 3. The number of nitrogens with zero attached hydrogens (tertiary/aromatic N) is 3. The van der Waals surface area contributed by atoms with E-state index < -0.39 is 5.82 Å². The molecule has 2 amide bonds. The maximum Gasteiger partial charge on any atom is 0.255 e. The first-order valence-electron chi connectivity index (χ1n) is 7.70. The minimum absolute atomic E-state index is 0.0633. The van der Waals surface area contributed by atoms with Gasteiger partial charge in [-0.2, -0.15) is 0 Å². The van der Waals surface area contributed by atoms with Crippen LogP contribution in [0.1, 0.15) is 16.8 Å². The minimum Gasteiger partial charge on any atom is -0.344 e. The molecule has 1 atom stereocenters. The zero-order chi connectivity index (χ0) is 16.6. The van der Waals surface area contributed by atoms with Crippen molar-refractivity contribution in [3.63, 3.8) is 0 Å². The molecule has 0 saturated carbocycles. The monoisotopic (exact) mass is 339 g/mol. The maximum atomic E-state index is 13.1. The molecular formula is C16H19ClFN3O2. The Morgan fingerprint density at radius 1 is 1.22 bits per heavy atom. The molecule has 3 rings (SSSR count). The van der Waals surface area contributed by atoms with Crippen molar-refractivity contribution in [2.24, 2.45) is 0 Å². The van der Waals surface area contributed by atoms with Crippen LogP contribution in [0.4, 0.5) is 4.39 Å². The van der Waals surface area contributed by atoms with Crippen molar-refractivity contribution in [3.8, 4) is 0 Å². The van der Waals surface area contributed by atoms with Crippen LogP contribution in [0.15, 0.2) is 18.2 Å². The number of benzene rings is 1. The molecule has 7 heteroatoms. The number of halogens is 2. The Kier molecular flexibility index (Phi) is 4.55. The normalized spacial score (nSPS) is 22.7. The highest BCUT2D eigenvalue weighted by molar-refractivity contribution is 6.33. The number of amides is 2. The second kappa shape index (κ2) is 6.45. The van der Waals surface area contributed by atoms with E-state index in [9.17, 15) is 14.0 Å². The Balaban J connectivity index is 1.62. The SMILES string of the molecule is CN1CC[C@@H](N2CCN(C(=O)c3ccc(F)cc3Cl)CC2)C1=O. The van der Waals surface area contributed by atoms with E-state index in [4.69, 9.17) is 11.6 Å². The molecule has 2 aliphatic heterocycles. The van der Waals surface area contributed by atoms with E-state index >= 15 is 0 Å². The van der Waals surface area contributed by atoms with Gasteiger partial charge in [-0.3, -0.25) is 14.5 Å². The van der Waals surface area contributed by atoms with Gasteiger partial charge in [-0.25, -0.2) is 4.39 Å². The van der Waals surface area contributed by atoms with Gasteiger partial charge in [0.25, 0.3) is 5.91 Å². The van der Waals surface area contributed by atoms with E-state index in [2.05, 4.69) is 4.90 Å².